The number of benzene rings is 1. The van der Waals surface area contributed by atoms with E-state index in [4.69, 9.17) is 9.47 Å². The minimum atomic E-state index is -0.508. The Kier molecular flexibility index (Phi) is 4.29. The van der Waals surface area contributed by atoms with Crippen molar-refractivity contribution >= 4 is 22.0 Å². The zero-order valence-corrected chi connectivity index (χ0v) is 15.8. The fourth-order valence-corrected chi connectivity index (χ4v) is 3.23. The number of rotatable bonds is 2. The number of carbonyl (C=O) groups excluding carboxylic acids is 1. The molecule has 1 aliphatic heterocycles. The van der Waals surface area contributed by atoms with Gasteiger partial charge in [-0.1, -0.05) is 12.1 Å². The molecule has 0 atom stereocenters. The smallest absolute Gasteiger partial charge is 0.410 e. The van der Waals surface area contributed by atoms with Gasteiger partial charge in [0.15, 0.2) is 0 Å². The van der Waals surface area contributed by atoms with Gasteiger partial charge in [-0.2, -0.15) is 5.10 Å². The molecule has 3 rings (SSSR count). The van der Waals surface area contributed by atoms with Crippen LogP contribution in [0.2, 0.25) is 0 Å². The van der Waals surface area contributed by atoms with Crippen molar-refractivity contribution in [2.24, 2.45) is 0 Å². The lowest BCUT2D eigenvalue weighted by Crippen LogP contribution is -2.33. The van der Waals surface area contributed by atoms with Crippen molar-refractivity contribution in [1.29, 1.82) is 0 Å². The van der Waals surface area contributed by atoms with Crippen molar-refractivity contribution in [3.05, 3.63) is 40.1 Å². The van der Waals surface area contributed by atoms with Crippen LogP contribution in [0.4, 0.5) is 4.79 Å². The predicted octanol–water partition coefficient (Wildman–Crippen LogP) is 3.89. The van der Waals surface area contributed by atoms with Gasteiger partial charge in [0.05, 0.1) is 25.9 Å². The lowest BCUT2D eigenvalue weighted by Gasteiger charge is -2.24. The summed E-state index contributed by atoms with van der Waals surface area (Å²) < 4.78 is 13.5. The first-order chi connectivity index (χ1) is 11.3. The highest BCUT2D eigenvalue weighted by Gasteiger charge is 2.32. The molecule has 2 aromatic rings. The Morgan fingerprint density at radius 3 is 2.58 bits per heavy atom. The molecule has 0 saturated heterocycles. The summed E-state index contributed by atoms with van der Waals surface area (Å²) in [5, 5.41) is 4.64. The van der Waals surface area contributed by atoms with Gasteiger partial charge in [0, 0.05) is 5.56 Å². The van der Waals surface area contributed by atoms with Crippen molar-refractivity contribution < 1.29 is 14.3 Å². The second-order valence-electron chi connectivity index (χ2n) is 6.64. The summed E-state index contributed by atoms with van der Waals surface area (Å²) in [4.78, 5) is 13.9. The monoisotopic (exact) mass is 393 g/mol. The van der Waals surface area contributed by atoms with Crippen molar-refractivity contribution in [3.63, 3.8) is 0 Å². The molecule has 1 aliphatic rings. The molecular weight excluding hydrogens is 374 g/mol. The highest BCUT2D eigenvalue weighted by Crippen LogP contribution is 2.34. The first-order valence-corrected chi connectivity index (χ1v) is 8.47. The van der Waals surface area contributed by atoms with Gasteiger partial charge in [0.1, 0.15) is 21.6 Å². The topological polar surface area (TPSA) is 56.6 Å². The maximum atomic E-state index is 12.2. The average Bonchev–Trinajstić information content (AvgIpc) is 3.06. The first kappa shape index (κ1) is 16.8. The number of ether oxygens (including phenoxy) is 2. The maximum absolute atomic E-state index is 12.2. The van der Waals surface area contributed by atoms with E-state index in [-0.39, 0.29) is 6.09 Å². The van der Waals surface area contributed by atoms with Crippen LogP contribution in [0.3, 0.4) is 0 Å². The number of halogens is 1. The third-order valence-electron chi connectivity index (χ3n) is 3.66. The third-order valence-corrected chi connectivity index (χ3v) is 4.47. The number of nitrogens with zero attached hydrogens (tertiary/aromatic N) is 3. The number of amides is 1. The molecule has 128 valence electrons. The van der Waals surface area contributed by atoms with Gasteiger partial charge < -0.3 is 9.47 Å². The number of para-hydroxylation sites is 2. The van der Waals surface area contributed by atoms with Crippen molar-refractivity contribution in [2.75, 3.05) is 7.11 Å². The quantitative estimate of drug-likeness (QED) is 0.776. The summed E-state index contributed by atoms with van der Waals surface area (Å²) in [6, 6.07) is 7.68. The van der Waals surface area contributed by atoms with Crippen LogP contribution in [0.25, 0.3) is 5.69 Å². The van der Waals surface area contributed by atoms with E-state index in [1.165, 1.54) is 0 Å². The Balaban J connectivity index is 1.85. The number of methoxy groups -OCH3 is 1. The van der Waals surface area contributed by atoms with E-state index in [1.54, 1.807) is 16.7 Å². The van der Waals surface area contributed by atoms with Crippen LogP contribution in [-0.4, -0.2) is 33.5 Å². The summed E-state index contributed by atoms with van der Waals surface area (Å²) in [6.07, 6.45) is -0.323. The predicted molar refractivity (Wildman–Crippen MR) is 93.3 cm³/mol. The molecule has 0 N–H and O–H groups in total. The largest absolute Gasteiger partial charge is 0.494 e. The van der Waals surface area contributed by atoms with Gasteiger partial charge in [-0.05, 0) is 48.8 Å². The Hall–Kier alpha value is -2.02. The Bertz CT molecular complexity index is 780. The minimum Gasteiger partial charge on any atom is -0.494 e. The second kappa shape index (κ2) is 6.12. The van der Waals surface area contributed by atoms with Crippen LogP contribution in [0.1, 0.15) is 32.0 Å². The second-order valence-corrected chi connectivity index (χ2v) is 7.39. The highest BCUT2D eigenvalue weighted by atomic mass is 79.9. The molecule has 1 aromatic carbocycles. The van der Waals surface area contributed by atoms with Gasteiger partial charge in [-0.3, -0.25) is 4.90 Å². The minimum absolute atomic E-state index is 0.323. The molecule has 0 unspecified atom stereocenters. The van der Waals surface area contributed by atoms with Crippen LogP contribution < -0.4 is 4.74 Å². The van der Waals surface area contributed by atoms with Crippen LogP contribution in [-0.2, 0) is 17.8 Å². The van der Waals surface area contributed by atoms with Crippen LogP contribution in [0, 0.1) is 0 Å². The third kappa shape index (κ3) is 3.13. The number of fused-ring (bicyclic) bond motifs is 1. The van der Waals surface area contributed by atoms with E-state index in [1.807, 2.05) is 45.0 Å². The Labute approximate surface area is 149 Å². The summed E-state index contributed by atoms with van der Waals surface area (Å²) in [5.41, 5.74) is 2.20. The average molecular weight is 394 g/mol. The molecule has 0 saturated carbocycles. The standard InChI is InChI=1S/C17H20BrN3O3/c1-17(2,3)24-16(22)20-9-11-12(10-20)19-21(15(11)18)13-7-5-6-8-14(13)23-4/h5-8H,9-10H2,1-4H3. The molecule has 0 aliphatic carbocycles. The van der Waals surface area contributed by atoms with Crippen LogP contribution in [0.15, 0.2) is 28.9 Å². The zero-order chi connectivity index (χ0) is 17.5. The number of hydrogen-bond donors (Lipinski definition) is 0. The molecule has 0 radical (unpaired) electrons. The molecule has 7 heteroatoms. The van der Waals surface area contributed by atoms with Crippen LogP contribution >= 0.6 is 15.9 Å². The molecule has 6 nitrogen and oxygen atoms in total. The maximum Gasteiger partial charge on any atom is 0.410 e. The van der Waals surface area contributed by atoms with E-state index in [0.717, 1.165) is 27.3 Å². The molecule has 0 bridgehead atoms. The number of aromatic nitrogens is 2. The lowest BCUT2D eigenvalue weighted by atomic mass is 10.2. The molecular formula is C17H20BrN3O3. The zero-order valence-electron chi connectivity index (χ0n) is 14.2. The van der Waals surface area contributed by atoms with Crippen molar-refractivity contribution in [3.8, 4) is 11.4 Å². The molecule has 0 fully saturated rings. The van der Waals surface area contributed by atoms with Crippen LogP contribution in [0.5, 0.6) is 5.75 Å². The van der Waals surface area contributed by atoms with Gasteiger partial charge in [0.25, 0.3) is 0 Å². The van der Waals surface area contributed by atoms with Gasteiger partial charge in [0.2, 0.25) is 0 Å². The molecule has 1 aromatic heterocycles. The molecule has 2 heterocycles. The molecule has 1 amide bonds. The van der Waals surface area contributed by atoms with Gasteiger partial charge >= 0.3 is 6.09 Å². The number of hydrogen-bond acceptors (Lipinski definition) is 4. The first-order valence-electron chi connectivity index (χ1n) is 7.68. The summed E-state index contributed by atoms with van der Waals surface area (Å²) in [6.45, 7) is 6.48. The van der Waals surface area contributed by atoms with Gasteiger partial charge in [-0.15, -0.1) is 0 Å². The normalized spacial score (nSPS) is 13.8. The molecule has 24 heavy (non-hydrogen) atoms. The fraction of sp³-hybridized carbons (Fsp3) is 0.412. The van der Waals surface area contributed by atoms with E-state index in [2.05, 4.69) is 21.0 Å². The summed E-state index contributed by atoms with van der Waals surface area (Å²) in [5.74, 6) is 0.739. The van der Waals surface area contributed by atoms with E-state index in [0.29, 0.717) is 13.1 Å². The van der Waals surface area contributed by atoms with Crippen molar-refractivity contribution in [2.45, 2.75) is 39.5 Å². The van der Waals surface area contributed by atoms with Crippen molar-refractivity contribution in [1.82, 2.24) is 14.7 Å². The summed E-state index contributed by atoms with van der Waals surface area (Å²) in [7, 11) is 1.63. The van der Waals surface area contributed by atoms with E-state index < -0.39 is 5.60 Å². The molecule has 0 spiro atoms. The van der Waals surface area contributed by atoms with E-state index >= 15 is 0 Å². The SMILES string of the molecule is COc1ccccc1-n1nc2c(c1Br)CN(C(=O)OC(C)(C)C)C2. The van der Waals surface area contributed by atoms with Gasteiger partial charge in [-0.25, -0.2) is 9.48 Å². The Morgan fingerprint density at radius 1 is 1.25 bits per heavy atom. The number of carbonyl (C=O) groups is 1. The summed E-state index contributed by atoms with van der Waals surface area (Å²) >= 11 is 3.61. The fourth-order valence-electron chi connectivity index (χ4n) is 2.60. The lowest BCUT2D eigenvalue weighted by molar-refractivity contribution is 0.0239. The van der Waals surface area contributed by atoms with E-state index in [9.17, 15) is 4.79 Å². The highest BCUT2D eigenvalue weighted by molar-refractivity contribution is 9.10. The Morgan fingerprint density at radius 2 is 1.96 bits per heavy atom.